The summed E-state index contributed by atoms with van der Waals surface area (Å²) >= 11 is 0. The van der Waals surface area contributed by atoms with Crippen LogP contribution in [0.3, 0.4) is 0 Å². The molecule has 2 aliphatic heterocycles. The smallest absolute Gasteiger partial charge is 0.387 e. The molecule has 0 saturated carbocycles. The first-order valence-electron chi connectivity index (χ1n) is 9.39. The van der Waals surface area contributed by atoms with Crippen LogP contribution in [0.2, 0.25) is 0 Å². The zero-order valence-electron chi connectivity index (χ0n) is 15.6. The molecule has 4 rings (SSSR count). The Morgan fingerprint density at radius 1 is 0.966 bits per heavy atom. The Morgan fingerprint density at radius 2 is 1.62 bits per heavy atom. The second-order valence-electron chi connectivity index (χ2n) is 6.91. The molecule has 2 heterocycles. The van der Waals surface area contributed by atoms with Crippen LogP contribution in [-0.2, 0) is 11.2 Å². The molecule has 2 aromatic rings. The number of hydrogen-bond donors (Lipinski definition) is 0. The van der Waals surface area contributed by atoms with Crippen LogP contribution in [0.4, 0.5) is 8.78 Å². The van der Waals surface area contributed by atoms with Gasteiger partial charge in [0, 0.05) is 32.6 Å². The Labute approximate surface area is 166 Å². The number of piperazine rings is 1. The fraction of sp³-hybridized carbons (Fsp3) is 0.333. The van der Waals surface area contributed by atoms with E-state index in [4.69, 9.17) is 4.74 Å². The van der Waals surface area contributed by atoms with Gasteiger partial charge in [0.25, 0.3) is 11.8 Å². The van der Waals surface area contributed by atoms with Crippen molar-refractivity contribution in [2.24, 2.45) is 0 Å². The Kier molecular flexibility index (Phi) is 5.33. The second kappa shape index (κ2) is 8.06. The van der Waals surface area contributed by atoms with E-state index in [1.807, 2.05) is 24.3 Å². The van der Waals surface area contributed by atoms with Crippen LogP contribution in [0.25, 0.3) is 0 Å². The molecule has 2 amide bonds. The molecule has 0 spiro atoms. The number of alkyl halides is 2. The number of nitrogens with zero attached hydrogens (tertiary/aromatic N) is 2. The molecule has 0 unspecified atom stereocenters. The highest BCUT2D eigenvalue weighted by molar-refractivity contribution is 5.97. The van der Waals surface area contributed by atoms with Crippen molar-refractivity contribution < 1.29 is 27.8 Å². The molecule has 1 atom stereocenters. The summed E-state index contributed by atoms with van der Waals surface area (Å²) in [5.74, 6) is 0.0889. The third-order valence-electron chi connectivity index (χ3n) is 5.13. The van der Waals surface area contributed by atoms with Crippen molar-refractivity contribution >= 4 is 11.8 Å². The van der Waals surface area contributed by atoms with Crippen molar-refractivity contribution in [2.75, 3.05) is 26.2 Å². The van der Waals surface area contributed by atoms with Gasteiger partial charge in [-0.15, -0.1) is 0 Å². The molecule has 1 saturated heterocycles. The number of benzene rings is 2. The third-order valence-corrected chi connectivity index (χ3v) is 5.13. The summed E-state index contributed by atoms with van der Waals surface area (Å²) < 4.78 is 35.4. The third kappa shape index (κ3) is 4.01. The van der Waals surface area contributed by atoms with Gasteiger partial charge in [-0.1, -0.05) is 30.3 Å². The largest absolute Gasteiger partial charge is 0.480 e. The first-order chi connectivity index (χ1) is 14.0. The first kappa shape index (κ1) is 19.2. The van der Waals surface area contributed by atoms with Gasteiger partial charge in [0.2, 0.25) is 0 Å². The number of rotatable bonds is 4. The number of ether oxygens (including phenoxy) is 2. The molecule has 152 valence electrons. The number of halogens is 2. The fourth-order valence-electron chi connectivity index (χ4n) is 3.67. The van der Waals surface area contributed by atoms with E-state index in [1.54, 1.807) is 15.9 Å². The van der Waals surface area contributed by atoms with Crippen LogP contribution in [0.5, 0.6) is 11.5 Å². The van der Waals surface area contributed by atoms with Crippen molar-refractivity contribution in [3.8, 4) is 11.5 Å². The van der Waals surface area contributed by atoms with E-state index in [0.717, 1.165) is 11.3 Å². The second-order valence-corrected chi connectivity index (χ2v) is 6.91. The van der Waals surface area contributed by atoms with Crippen molar-refractivity contribution in [1.82, 2.24) is 9.80 Å². The molecule has 0 bridgehead atoms. The van der Waals surface area contributed by atoms with E-state index >= 15 is 0 Å². The molecule has 29 heavy (non-hydrogen) atoms. The average Bonchev–Trinajstić information content (AvgIpc) is 3.17. The van der Waals surface area contributed by atoms with E-state index in [0.29, 0.717) is 32.6 Å². The fourth-order valence-corrected chi connectivity index (χ4v) is 3.67. The average molecular weight is 402 g/mol. The molecular formula is C21H20F2N2O4. The van der Waals surface area contributed by atoms with Gasteiger partial charge in [-0.2, -0.15) is 8.78 Å². The Bertz CT molecular complexity index is 888. The van der Waals surface area contributed by atoms with E-state index in [1.165, 1.54) is 18.2 Å². The van der Waals surface area contributed by atoms with E-state index in [2.05, 4.69) is 4.74 Å². The number of carbonyl (C=O) groups excluding carboxylic acids is 2. The minimum absolute atomic E-state index is 0.0853. The summed E-state index contributed by atoms with van der Waals surface area (Å²) in [7, 11) is 0. The normalized spacial score (nSPS) is 18.4. The van der Waals surface area contributed by atoms with Crippen molar-refractivity contribution in [1.29, 1.82) is 0 Å². The lowest BCUT2D eigenvalue weighted by atomic mass is 10.1. The van der Waals surface area contributed by atoms with Gasteiger partial charge in [0.05, 0.1) is 5.56 Å². The van der Waals surface area contributed by atoms with Crippen LogP contribution >= 0.6 is 0 Å². The topological polar surface area (TPSA) is 59.1 Å². The number of fused-ring (bicyclic) bond motifs is 1. The molecule has 6 nitrogen and oxygen atoms in total. The number of carbonyl (C=O) groups is 2. The summed E-state index contributed by atoms with van der Waals surface area (Å²) in [5, 5.41) is 0. The van der Waals surface area contributed by atoms with Gasteiger partial charge in [-0.3, -0.25) is 9.59 Å². The summed E-state index contributed by atoms with van der Waals surface area (Å²) in [6.07, 6.45) is -0.0122. The maximum absolute atomic E-state index is 12.8. The van der Waals surface area contributed by atoms with E-state index in [9.17, 15) is 18.4 Å². The minimum Gasteiger partial charge on any atom is -0.480 e. The van der Waals surface area contributed by atoms with Crippen LogP contribution in [-0.4, -0.2) is 60.5 Å². The predicted octanol–water partition coefficient (Wildman–Crippen LogP) is 2.58. The lowest BCUT2D eigenvalue weighted by Gasteiger charge is -2.35. The van der Waals surface area contributed by atoms with E-state index in [-0.39, 0.29) is 17.2 Å². The Morgan fingerprint density at radius 3 is 2.34 bits per heavy atom. The van der Waals surface area contributed by atoms with Crippen molar-refractivity contribution in [2.45, 2.75) is 19.1 Å². The highest BCUT2D eigenvalue weighted by Gasteiger charge is 2.34. The van der Waals surface area contributed by atoms with Gasteiger partial charge >= 0.3 is 6.61 Å². The lowest BCUT2D eigenvalue weighted by molar-refractivity contribution is -0.139. The number of amides is 2. The molecule has 2 aliphatic rings. The van der Waals surface area contributed by atoms with Crippen LogP contribution in [0.15, 0.2) is 48.5 Å². The van der Waals surface area contributed by atoms with Crippen LogP contribution in [0, 0.1) is 0 Å². The highest BCUT2D eigenvalue weighted by atomic mass is 19.3. The zero-order chi connectivity index (χ0) is 20.4. The van der Waals surface area contributed by atoms with Crippen molar-refractivity contribution in [3.63, 3.8) is 0 Å². The summed E-state index contributed by atoms with van der Waals surface area (Å²) in [6, 6.07) is 13.5. The molecule has 2 aromatic carbocycles. The van der Waals surface area contributed by atoms with Gasteiger partial charge in [0.15, 0.2) is 6.10 Å². The quantitative estimate of drug-likeness (QED) is 0.789. The Hall–Kier alpha value is -3.16. The summed E-state index contributed by atoms with van der Waals surface area (Å²) in [6.45, 7) is -1.66. The molecule has 0 radical (unpaired) electrons. The molecule has 0 aromatic heterocycles. The number of para-hydroxylation sites is 2. The van der Waals surface area contributed by atoms with Gasteiger partial charge in [-0.05, 0) is 23.8 Å². The molecular weight excluding hydrogens is 382 g/mol. The molecule has 8 heteroatoms. The van der Waals surface area contributed by atoms with Gasteiger partial charge in [0.1, 0.15) is 11.5 Å². The van der Waals surface area contributed by atoms with Crippen LogP contribution in [0.1, 0.15) is 15.9 Å². The van der Waals surface area contributed by atoms with Gasteiger partial charge in [-0.25, -0.2) is 0 Å². The van der Waals surface area contributed by atoms with Crippen LogP contribution < -0.4 is 9.47 Å². The Balaban J connectivity index is 1.36. The summed E-state index contributed by atoms with van der Waals surface area (Å²) in [5.41, 5.74) is 1.09. The number of hydrogen-bond acceptors (Lipinski definition) is 4. The minimum atomic E-state index is -3.01. The lowest BCUT2D eigenvalue weighted by Crippen LogP contribution is -2.53. The SMILES string of the molecule is O=C(c1ccccc1OC(F)F)N1CCN(C(=O)[C@H]2Cc3ccccc3O2)CC1. The highest BCUT2D eigenvalue weighted by Crippen LogP contribution is 2.29. The molecule has 0 N–H and O–H groups in total. The monoisotopic (exact) mass is 402 g/mol. The maximum Gasteiger partial charge on any atom is 0.387 e. The van der Waals surface area contributed by atoms with Gasteiger partial charge < -0.3 is 19.3 Å². The van der Waals surface area contributed by atoms with E-state index < -0.39 is 18.6 Å². The summed E-state index contributed by atoms with van der Waals surface area (Å²) in [4.78, 5) is 28.8. The molecule has 0 aliphatic carbocycles. The van der Waals surface area contributed by atoms with Crippen molar-refractivity contribution in [3.05, 3.63) is 59.7 Å². The predicted molar refractivity (Wildman–Crippen MR) is 100 cm³/mol. The standard InChI is InChI=1S/C21H20F2N2O4/c22-21(23)29-17-8-4-2-6-15(17)19(26)24-9-11-25(12-10-24)20(27)18-13-14-5-1-3-7-16(14)28-18/h1-8,18,21H,9-13H2/t18-/m1/s1. The first-order valence-corrected chi connectivity index (χ1v) is 9.39. The molecule has 1 fully saturated rings. The zero-order valence-corrected chi connectivity index (χ0v) is 15.6. The maximum atomic E-state index is 12.8.